The minimum Gasteiger partial charge on any atom is -0.507 e. The van der Waals surface area contributed by atoms with Crippen molar-refractivity contribution >= 4 is 23.7 Å². The molecule has 6 atom stereocenters. The number of aliphatic hydroxyl groups is 1. The minimum atomic E-state index is -2.09. The number of aromatic nitrogens is 1. The highest BCUT2D eigenvalue weighted by molar-refractivity contribution is 6.00. The van der Waals surface area contributed by atoms with E-state index in [9.17, 15) is 47.0 Å². The Hall–Kier alpha value is -4.27. The van der Waals surface area contributed by atoms with E-state index >= 15 is 0 Å². The highest BCUT2D eigenvalue weighted by atomic mass is 19.2. The van der Waals surface area contributed by atoms with Crippen molar-refractivity contribution in [1.29, 1.82) is 0 Å². The number of likely N-dealkylation sites (N-methyl/N-ethyl adjacent to an activating group) is 1. The number of amides is 3. The molecule has 15 heteroatoms. The van der Waals surface area contributed by atoms with Crippen molar-refractivity contribution in [1.82, 2.24) is 20.5 Å². The predicted octanol–water partition coefficient (Wildman–Crippen LogP) is 1.74. The number of phenolic OH excluding ortho intramolecular Hbond substituents is 1. The Morgan fingerprint density at radius 1 is 1.09 bits per heavy atom. The van der Waals surface area contributed by atoms with E-state index in [1.54, 1.807) is 0 Å². The van der Waals surface area contributed by atoms with Gasteiger partial charge in [-0.15, -0.1) is 0 Å². The zero-order chi connectivity index (χ0) is 32.5. The molecule has 1 saturated heterocycles. The van der Waals surface area contributed by atoms with Crippen LogP contribution in [0.5, 0.6) is 5.75 Å². The number of para-hydroxylation sites is 1. The molecule has 0 radical (unpaired) electrons. The van der Waals surface area contributed by atoms with Crippen LogP contribution in [-0.2, 0) is 25.5 Å². The maximum absolute atomic E-state index is 14.6. The molecule has 2 aliphatic rings. The first kappa shape index (κ1) is 32.6. The Morgan fingerprint density at radius 2 is 1.75 bits per heavy atom. The average Bonchev–Trinajstić information content (AvgIpc) is 2.95. The zero-order valence-electron chi connectivity index (χ0n) is 24.0. The van der Waals surface area contributed by atoms with Crippen LogP contribution in [0.4, 0.5) is 17.6 Å². The fourth-order valence-electron chi connectivity index (χ4n) is 5.42. The molecule has 1 aromatic carbocycles. The van der Waals surface area contributed by atoms with Crippen molar-refractivity contribution in [2.75, 3.05) is 7.05 Å². The summed E-state index contributed by atoms with van der Waals surface area (Å²) in [7, 11) is 1.33. The molecule has 0 spiro atoms. The molecule has 2 heterocycles. The first-order valence-corrected chi connectivity index (χ1v) is 14.0. The van der Waals surface area contributed by atoms with Crippen LogP contribution < -0.4 is 10.6 Å². The third-order valence-electron chi connectivity index (χ3n) is 8.24. The number of cyclic esters (lactones) is 1. The summed E-state index contributed by atoms with van der Waals surface area (Å²) >= 11 is 0. The van der Waals surface area contributed by atoms with Crippen LogP contribution in [0.3, 0.4) is 0 Å². The molecule has 0 bridgehead atoms. The number of hydrogen-bond donors (Lipinski definition) is 4. The molecule has 238 valence electrons. The maximum atomic E-state index is 14.6. The lowest BCUT2D eigenvalue weighted by molar-refractivity contribution is -0.166. The van der Waals surface area contributed by atoms with E-state index in [1.807, 2.05) is 0 Å². The number of benzene rings is 1. The quantitative estimate of drug-likeness (QED) is 0.223. The van der Waals surface area contributed by atoms with Gasteiger partial charge in [0.1, 0.15) is 23.9 Å². The van der Waals surface area contributed by atoms with E-state index in [1.165, 1.54) is 45.2 Å². The Labute approximate surface area is 249 Å². The maximum Gasteiger partial charge on any atom is 0.329 e. The van der Waals surface area contributed by atoms with Gasteiger partial charge in [-0.2, -0.15) is 18.2 Å². The summed E-state index contributed by atoms with van der Waals surface area (Å²) in [4.78, 5) is 57.4. The average molecular weight is 625 g/mol. The Balaban J connectivity index is 1.76. The van der Waals surface area contributed by atoms with Crippen LogP contribution in [0, 0.1) is 35.4 Å². The molecule has 1 aromatic heterocycles. The van der Waals surface area contributed by atoms with Crippen molar-refractivity contribution in [3.63, 3.8) is 0 Å². The van der Waals surface area contributed by atoms with Gasteiger partial charge in [-0.05, 0) is 37.8 Å². The summed E-state index contributed by atoms with van der Waals surface area (Å²) in [6.45, 7) is 2.54. The number of ether oxygens (including phenoxy) is 1. The lowest BCUT2D eigenvalue weighted by Gasteiger charge is -2.41. The number of rotatable bonds is 5. The van der Waals surface area contributed by atoms with Gasteiger partial charge in [-0.1, -0.05) is 25.5 Å². The Kier molecular flexibility index (Phi) is 9.76. The molecule has 1 saturated carbocycles. The standard InChI is InChI=1S/C29H32F4N4O7/c1-12-23(39)17(11-16-19(30)20(31)25(33)36-24(16)32)34-27(41)21(35-26(40)15-9-4-5-10-18(15)38)13(2)44-29(43)22(14-7-6-8-14)37(3)28(12)42/h4-5,9-10,12-14,17,21-23,38-39H,6-8,11H2,1-3H3,(H,34,41)(H,35,40)/t12-,13-,17+,21+,22?,23+/m1/s1. The molecule has 3 amide bonds. The van der Waals surface area contributed by atoms with E-state index < -0.39 is 101 Å². The van der Waals surface area contributed by atoms with Crippen LogP contribution >= 0.6 is 0 Å². The SMILES string of the molecule is C[C@H]1OC(=O)C(C2CCC2)N(C)C(=O)[C@H](C)[C@H](O)[C@H](Cc2c(F)nc(F)c(F)c2F)NC(=O)[C@H]1NC(=O)c1ccccc1O. The topological polar surface area (TPSA) is 158 Å². The number of carbonyl (C=O) groups is 4. The largest absolute Gasteiger partial charge is 0.507 e. The number of esters is 1. The highest BCUT2D eigenvalue weighted by Crippen LogP contribution is 2.34. The second kappa shape index (κ2) is 13.2. The van der Waals surface area contributed by atoms with Gasteiger partial charge < -0.3 is 30.5 Å². The molecule has 2 aromatic rings. The lowest BCUT2D eigenvalue weighted by Crippen LogP contribution is -2.61. The number of carbonyl (C=O) groups excluding carboxylic acids is 4. The number of aliphatic hydroxyl groups excluding tert-OH is 1. The van der Waals surface area contributed by atoms with Crippen LogP contribution in [0.2, 0.25) is 0 Å². The Bertz CT molecular complexity index is 1460. The van der Waals surface area contributed by atoms with Gasteiger partial charge in [0.25, 0.3) is 11.9 Å². The number of pyridine rings is 1. The van der Waals surface area contributed by atoms with Crippen molar-refractivity contribution in [2.45, 2.75) is 69.9 Å². The molecule has 4 rings (SSSR count). The van der Waals surface area contributed by atoms with E-state index in [2.05, 4.69) is 15.6 Å². The Morgan fingerprint density at radius 3 is 2.36 bits per heavy atom. The summed E-state index contributed by atoms with van der Waals surface area (Å²) in [5.41, 5.74) is -1.35. The summed E-state index contributed by atoms with van der Waals surface area (Å²) in [5, 5.41) is 26.1. The number of halogens is 4. The normalized spacial score (nSPS) is 27.0. The predicted molar refractivity (Wildman–Crippen MR) is 144 cm³/mol. The van der Waals surface area contributed by atoms with Gasteiger partial charge in [0, 0.05) is 19.0 Å². The van der Waals surface area contributed by atoms with Crippen LogP contribution in [0.1, 0.15) is 49.0 Å². The van der Waals surface area contributed by atoms with Crippen molar-refractivity contribution < 1.29 is 51.7 Å². The van der Waals surface area contributed by atoms with Crippen LogP contribution in [0.25, 0.3) is 0 Å². The highest BCUT2D eigenvalue weighted by Gasteiger charge is 2.45. The van der Waals surface area contributed by atoms with Gasteiger partial charge in [0.05, 0.1) is 23.6 Å². The molecule has 4 N–H and O–H groups in total. The van der Waals surface area contributed by atoms with Gasteiger partial charge in [-0.3, -0.25) is 14.4 Å². The first-order valence-electron chi connectivity index (χ1n) is 14.0. The number of phenols is 1. The number of hydrogen-bond acceptors (Lipinski definition) is 8. The number of aromatic hydroxyl groups is 1. The third kappa shape index (κ3) is 6.47. The minimum absolute atomic E-state index is 0.232. The van der Waals surface area contributed by atoms with Crippen molar-refractivity contribution in [3.05, 3.63) is 58.9 Å². The lowest BCUT2D eigenvalue weighted by atomic mass is 9.78. The van der Waals surface area contributed by atoms with Gasteiger partial charge >= 0.3 is 5.97 Å². The molecule has 1 aliphatic heterocycles. The molecule has 44 heavy (non-hydrogen) atoms. The summed E-state index contributed by atoms with van der Waals surface area (Å²) in [6.07, 6.45) is -2.33. The summed E-state index contributed by atoms with van der Waals surface area (Å²) in [6, 6.07) is 0.850. The van der Waals surface area contributed by atoms with Crippen LogP contribution in [0.15, 0.2) is 24.3 Å². The molecular weight excluding hydrogens is 592 g/mol. The fraction of sp³-hybridized carbons (Fsp3) is 0.483. The second-order valence-corrected chi connectivity index (χ2v) is 11.1. The smallest absolute Gasteiger partial charge is 0.329 e. The summed E-state index contributed by atoms with van der Waals surface area (Å²) in [5.74, 6) is -13.6. The van der Waals surface area contributed by atoms with E-state index in [0.717, 1.165) is 11.3 Å². The molecule has 2 fully saturated rings. The van der Waals surface area contributed by atoms with Crippen molar-refractivity contribution in [2.24, 2.45) is 11.8 Å². The first-order chi connectivity index (χ1) is 20.7. The molecule has 1 aliphatic carbocycles. The monoisotopic (exact) mass is 624 g/mol. The van der Waals surface area contributed by atoms with E-state index in [4.69, 9.17) is 4.74 Å². The van der Waals surface area contributed by atoms with Crippen LogP contribution in [-0.4, -0.2) is 81.2 Å². The van der Waals surface area contributed by atoms with Crippen molar-refractivity contribution in [3.8, 4) is 5.75 Å². The fourth-order valence-corrected chi connectivity index (χ4v) is 5.42. The van der Waals surface area contributed by atoms with E-state index in [0.29, 0.717) is 12.8 Å². The van der Waals surface area contributed by atoms with Gasteiger partial charge in [-0.25, -0.2) is 9.18 Å². The molecule has 1 unspecified atom stereocenters. The van der Waals surface area contributed by atoms with E-state index in [-0.39, 0.29) is 11.5 Å². The molecule has 11 nitrogen and oxygen atoms in total. The number of nitrogens with zero attached hydrogens (tertiary/aromatic N) is 2. The second-order valence-electron chi connectivity index (χ2n) is 11.1. The zero-order valence-corrected chi connectivity index (χ0v) is 24.0. The summed E-state index contributed by atoms with van der Waals surface area (Å²) < 4.78 is 62.3. The third-order valence-corrected chi connectivity index (χ3v) is 8.24. The van der Waals surface area contributed by atoms with Gasteiger partial charge in [0.2, 0.25) is 23.6 Å². The molecular formula is C29H32F4N4O7. The van der Waals surface area contributed by atoms with Gasteiger partial charge in [0.15, 0.2) is 5.82 Å². The number of nitrogens with one attached hydrogen (secondary N) is 2.